The van der Waals surface area contributed by atoms with Gasteiger partial charge in [0.05, 0.1) is 6.61 Å². The molecule has 2 unspecified atom stereocenters. The highest BCUT2D eigenvalue weighted by Gasteiger charge is 2.37. The van der Waals surface area contributed by atoms with Crippen molar-refractivity contribution >= 4 is 5.91 Å². The van der Waals surface area contributed by atoms with E-state index in [1.54, 1.807) is 18.3 Å². The number of aliphatic hydroxyl groups is 1. The summed E-state index contributed by atoms with van der Waals surface area (Å²) in [5, 5.41) is 9.78. The Morgan fingerprint density at radius 2 is 2.04 bits per heavy atom. The molecular weight excluding hydrogens is 318 g/mol. The SMILES string of the molecule is CCOc1ncccc1C(=O)N1CC(CO)C(CN2CCCCC2)C1. The lowest BCUT2D eigenvalue weighted by Gasteiger charge is -2.30. The van der Waals surface area contributed by atoms with Crippen LogP contribution in [0.2, 0.25) is 0 Å². The standard InChI is InChI=1S/C19H29N3O3/c1-2-25-18-17(7-6-8-20-18)19(24)22-12-15(16(13-22)14-23)11-21-9-4-3-5-10-21/h6-8,15-16,23H,2-5,9-14H2,1H3. The van der Waals surface area contributed by atoms with Crippen LogP contribution in [0.4, 0.5) is 0 Å². The Bertz CT molecular complexity index is 575. The lowest BCUT2D eigenvalue weighted by atomic mass is 9.95. The monoisotopic (exact) mass is 347 g/mol. The van der Waals surface area contributed by atoms with Crippen LogP contribution in [-0.2, 0) is 0 Å². The van der Waals surface area contributed by atoms with Crippen molar-refractivity contribution < 1.29 is 14.6 Å². The fourth-order valence-electron chi connectivity index (χ4n) is 3.97. The zero-order valence-corrected chi connectivity index (χ0v) is 15.1. The second kappa shape index (κ2) is 8.63. The molecule has 0 bridgehead atoms. The fraction of sp³-hybridized carbons (Fsp3) is 0.684. The van der Waals surface area contributed by atoms with Crippen LogP contribution >= 0.6 is 0 Å². The lowest BCUT2D eigenvalue weighted by molar-refractivity contribution is 0.0773. The first-order chi connectivity index (χ1) is 12.2. The van der Waals surface area contributed by atoms with E-state index >= 15 is 0 Å². The highest BCUT2D eigenvalue weighted by molar-refractivity contribution is 5.96. The summed E-state index contributed by atoms with van der Waals surface area (Å²) in [6.07, 6.45) is 5.47. The number of piperidine rings is 1. The number of carbonyl (C=O) groups is 1. The molecule has 2 aliphatic rings. The molecule has 2 fully saturated rings. The molecule has 0 aromatic carbocycles. The number of amides is 1. The van der Waals surface area contributed by atoms with Gasteiger partial charge in [-0.3, -0.25) is 4.79 Å². The first kappa shape index (κ1) is 18.1. The second-order valence-electron chi connectivity index (χ2n) is 7.06. The number of pyridine rings is 1. The molecule has 1 aromatic heterocycles. The van der Waals surface area contributed by atoms with Gasteiger partial charge in [0.25, 0.3) is 5.91 Å². The van der Waals surface area contributed by atoms with Gasteiger partial charge in [0.1, 0.15) is 5.56 Å². The first-order valence-corrected chi connectivity index (χ1v) is 9.43. The second-order valence-corrected chi connectivity index (χ2v) is 7.06. The molecule has 1 N–H and O–H groups in total. The molecular formula is C19H29N3O3. The predicted molar refractivity (Wildman–Crippen MR) is 95.7 cm³/mol. The summed E-state index contributed by atoms with van der Waals surface area (Å²) in [6, 6.07) is 3.53. The summed E-state index contributed by atoms with van der Waals surface area (Å²) in [7, 11) is 0. The van der Waals surface area contributed by atoms with E-state index < -0.39 is 0 Å². The number of hydrogen-bond donors (Lipinski definition) is 1. The van der Waals surface area contributed by atoms with Crippen LogP contribution in [0, 0.1) is 11.8 Å². The molecule has 2 aliphatic heterocycles. The molecule has 6 nitrogen and oxygen atoms in total. The molecule has 0 saturated carbocycles. The van der Waals surface area contributed by atoms with Crippen LogP contribution in [0.25, 0.3) is 0 Å². The zero-order valence-electron chi connectivity index (χ0n) is 15.1. The van der Waals surface area contributed by atoms with Crippen LogP contribution < -0.4 is 4.74 Å². The Kier molecular flexibility index (Phi) is 6.26. The largest absolute Gasteiger partial charge is 0.477 e. The number of aromatic nitrogens is 1. The number of rotatable bonds is 6. The van der Waals surface area contributed by atoms with Crippen molar-refractivity contribution in [2.24, 2.45) is 11.8 Å². The molecule has 2 saturated heterocycles. The van der Waals surface area contributed by atoms with Gasteiger partial charge in [-0.25, -0.2) is 4.98 Å². The average Bonchev–Trinajstić information content (AvgIpc) is 3.05. The van der Waals surface area contributed by atoms with Gasteiger partial charge < -0.3 is 19.6 Å². The van der Waals surface area contributed by atoms with E-state index in [0.29, 0.717) is 37.1 Å². The van der Waals surface area contributed by atoms with E-state index in [0.717, 1.165) is 19.6 Å². The quantitative estimate of drug-likeness (QED) is 0.848. The van der Waals surface area contributed by atoms with Crippen molar-refractivity contribution in [2.45, 2.75) is 26.2 Å². The summed E-state index contributed by atoms with van der Waals surface area (Å²) < 4.78 is 5.50. The van der Waals surface area contributed by atoms with Crippen LogP contribution in [0.1, 0.15) is 36.5 Å². The van der Waals surface area contributed by atoms with E-state index in [-0.39, 0.29) is 18.4 Å². The van der Waals surface area contributed by atoms with Crippen molar-refractivity contribution in [3.63, 3.8) is 0 Å². The van der Waals surface area contributed by atoms with Gasteiger partial charge in [0.2, 0.25) is 5.88 Å². The number of aliphatic hydroxyl groups excluding tert-OH is 1. The summed E-state index contributed by atoms with van der Waals surface area (Å²) in [4.78, 5) is 21.5. The molecule has 1 amide bonds. The fourth-order valence-corrected chi connectivity index (χ4v) is 3.97. The minimum absolute atomic E-state index is 0.0452. The Balaban J connectivity index is 1.67. The minimum atomic E-state index is -0.0452. The van der Waals surface area contributed by atoms with Gasteiger partial charge in [-0.05, 0) is 50.9 Å². The molecule has 6 heteroatoms. The first-order valence-electron chi connectivity index (χ1n) is 9.43. The summed E-state index contributed by atoms with van der Waals surface area (Å²) in [5.74, 6) is 0.837. The van der Waals surface area contributed by atoms with E-state index in [4.69, 9.17) is 4.74 Å². The Labute approximate surface area is 149 Å². The molecule has 2 atom stereocenters. The zero-order chi connectivity index (χ0) is 17.6. The average molecular weight is 347 g/mol. The molecule has 3 heterocycles. The van der Waals surface area contributed by atoms with Crippen LogP contribution in [0.5, 0.6) is 5.88 Å². The van der Waals surface area contributed by atoms with Crippen LogP contribution in [0.15, 0.2) is 18.3 Å². The number of carbonyl (C=O) groups excluding carboxylic acids is 1. The Morgan fingerprint density at radius 1 is 1.28 bits per heavy atom. The van der Waals surface area contributed by atoms with Crippen molar-refractivity contribution in [3.8, 4) is 5.88 Å². The summed E-state index contributed by atoms with van der Waals surface area (Å²) in [5.41, 5.74) is 0.514. The van der Waals surface area contributed by atoms with E-state index in [9.17, 15) is 9.90 Å². The molecule has 3 rings (SSSR count). The maximum atomic E-state index is 13.0. The highest BCUT2D eigenvalue weighted by atomic mass is 16.5. The van der Waals surface area contributed by atoms with Gasteiger partial charge in [-0.1, -0.05) is 6.42 Å². The van der Waals surface area contributed by atoms with Crippen molar-refractivity contribution in [1.29, 1.82) is 0 Å². The molecule has 25 heavy (non-hydrogen) atoms. The smallest absolute Gasteiger partial charge is 0.259 e. The maximum Gasteiger partial charge on any atom is 0.259 e. The number of nitrogens with zero attached hydrogens (tertiary/aromatic N) is 3. The van der Waals surface area contributed by atoms with Crippen LogP contribution in [0.3, 0.4) is 0 Å². The van der Waals surface area contributed by atoms with Crippen molar-refractivity contribution in [1.82, 2.24) is 14.8 Å². The number of hydrogen-bond acceptors (Lipinski definition) is 5. The topological polar surface area (TPSA) is 65.9 Å². The Hall–Kier alpha value is -1.66. The lowest BCUT2D eigenvalue weighted by Crippen LogP contribution is -2.37. The maximum absolute atomic E-state index is 13.0. The number of likely N-dealkylation sites (tertiary alicyclic amines) is 2. The summed E-state index contributed by atoms with van der Waals surface area (Å²) >= 11 is 0. The third-order valence-corrected chi connectivity index (χ3v) is 5.32. The van der Waals surface area contributed by atoms with Crippen LogP contribution in [-0.4, -0.2) is 71.7 Å². The van der Waals surface area contributed by atoms with E-state index in [1.165, 1.54) is 19.3 Å². The molecule has 0 spiro atoms. The molecule has 0 aliphatic carbocycles. The number of ether oxygens (including phenoxy) is 1. The predicted octanol–water partition coefficient (Wildman–Crippen LogP) is 1.65. The highest BCUT2D eigenvalue weighted by Crippen LogP contribution is 2.28. The van der Waals surface area contributed by atoms with E-state index in [1.807, 2.05) is 11.8 Å². The van der Waals surface area contributed by atoms with Gasteiger partial charge in [-0.2, -0.15) is 0 Å². The van der Waals surface area contributed by atoms with Gasteiger partial charge in [0.15, 0.2) is 0 Å². The third kappa shape index (κ3) is 4.30. The summed E-state index contributed by atoms with van der Waals surface area (Å²) in [6.45, 7) is 7.05. The van der Waals surface area contributed by atoms with Crippen molar-refractivity contribution in [2.75, 3.05) is 45.9 Å². The molecule has 1 aromatic rings. The Morgan fingerprint density at radius 3 is 2.76 bits per heavy atom. The molecule has 138 valence electrons. The van der Waals surface area contributed by atoms with Crippen molar-refractivity contribution in [3.05, 3.63) is 23.9 Å². The van der Waals surface area contributed by atoms with Gasteiger partial charge in [0, 0.05) is 38.4 Å². The minimum Gasteiger partial charge on any atom is -0.477 e. The molecule has 0 radical (unpaired) electrons. The van der Waals surface area contributed by atoms with Gasteiger partial charge in [-0.15, -0.1) is 0 Å². The van der Waals surface area contributed by atoms with E-state index in [2.05, 4.69) is 9.88 Å². The normalized spacial score (nSPS) is 24.5. The third-order valence-electron chi connectivity index (χ3n) is 5.32. The van der Waals surface area contributed by atoms with Gasteiger partial charge >= 0.3 is 0 Å².